The molecule has 0 unspecified atom stereocenters. The molecule has 0 radical (unpaired) electrons. The maximum atomic E-state index is 5.38. The van der Waals surface area contributed by atoms with Gasteiger partial charge in [-0.25, -0.2) is 9.97 Å². The molecule has 2 aliphatic carbocycles. The number of aromatic nitrogens is 2. The van der Waals surface area contributed by atoms with Crippen LogP contribution in [0.1, 0.15) is 22.3 Å². The van der Waals surface area contributed by atoms with Gasteiger partial charge in [0.05, 0.1) is 16.8 Å². The zero-order chi connectivity index (χ0) is 32.4. The van der Waals surface area contributed by atoms with Crippen LogP contribution in [0.3, 0.4) is 0 Å². The van der Waals surface area contributed by atoms with Gasteiger partial charge in [-0.05, 0) is 67.8 Å². The molecule has 49 heavy (non-hydrogen) atoms. The lowest BCUT2D eigenvalue weighted by Crippen LogP contribution is -2.25. The molecule has 0 bridgehead atoms. The maximum absolute atomic E-state index is 5.38. The maximum Gasteiger partial charge on any atom is 0.160 e. The van der Waals surface area contributed by atoms with E-state index in [9.17, 15) is 0 Å². The normalized spacial score (nSPS) is 13.1. The van der Waals surface area contributed by atoms with Crippen molar-refractivity contribution >= 4 is 0 Å². The summed E-state index contributed by atoms with van der Waals surface area (Å²) in [5.41, 5.74) is 17.3. The standard InChI is InChI=1S/C47H30N2/c1-3-15-31(16-4-1)33-19-13-20-34(29-33)46-48-43(32-17-5-2-6-18-32)30-44(49-46)38-24-14-28-42-45(38)37-23-9-12-27-41(37)47(42)39-25-10-7-21-35(39)36-22-8-11-26-40(36)47/h1-30H. The average Bonchev–Trinajstić information content (AvgIpc) is 3.66. The van der Waals surface area contributed by atoms with Gasteiger partial charge in [-0.1, -0.05) is 170 Å². The van der Waals surface area contributed by atoms with Gasteiger partial charge >= 0.3 is 0 Å². The molecule has 10 rings (SSSR count). The van der Waals surface area contributed by atoms with Crippen LogP contribution in [0, 0.1) is 0 Å². The molecule has 0 aliphatic heterocycles. The van der Waals surface area contributed by atoms with Gasteiger partial charge in [-0.2, -0.15) is 0 Å². The lowest BCUT2D eigenvalue weighted by Gasteiger charge is -2.30. The summed E-state index contributed by atoms with van der Waals surface area (Å²) >= 11 is 0. The van der Waals surface area contributed by atoms with Crippen molar-refractivity contribution in [2.24, 2.45) is 0 Å². The third-order valence-corrected chi connectivity index (χ3v) is 10.3. The highest BCUT2D eigenvalue weighted by Gasteiger charge is 2.52. The van der Waals surface area contributed by atoms with Crippen LogP contribution in [0.4, 0.5) is 0 Å². The predicted octanol–water partition coefficient (Wildman–Crippen LogP) is 11.5. The largest absolute Gasteiger partial charge is 0.228 e. The molecule has 2 nitrogen and oxygen atoms in total. The molecule has 0 atom stereocenters. The minimum absolute atomic E-state index is 0.405. The Morgan fingerprint density at radius 1 is 0.306 bits per heavy atom. The Morgan fingerprint density at radius 3 is 1.47 bits per heavy atom. The SMILES string of the molecule is c1ccc(-c2cccc(-c3nc(-c4ccccc4)cc(-c4cccc5c4-c4ccccc4C54c5ccccc5-c5ccccc54)n3)c2)cc1. The number of hydrogen-bond acceptors (Lipinski definition) is 2. The molecule has 0 saturated carbocycles. The molecular formula is C47H30N2. The van der Waals surface area contributed by atoms with Crippen molar-refractivity contribution in [3.63, 3.8) is 0 Å². The molecule has 7 aromatic carbocycles. The van der Waals surface area contributed by atoms with Gasteiger partial charge in [0.2, 0.25) is 0 Å². The molecule has 2 heteroatoms. The molecule has 8 aromatic rings. The van der Waals surface area contributed by atoms with E-state index in [0.29, 0.717) is 5.82 Å². The van der Waals surface area contributed by atoms with E-state index in [2.05, 4.69) is 176 Å². The molecule has 2 aliphatic rings. The van der Waals surface area contributed by atoms with Crippen molar-refractivity contribution in [2.45, 2.75) is 5.41 Å². The van der Waals surface area contributed by atoms with E-state index in [-0.39, 0.29) is 0 Å². The monoisotopic (exact) mass is 622 g/mol. The van der Waals surface area contributed by atoms with E-state index in [0.717, 1.165) is 33.6 Å². The van der Waals surface area contributed by atoms with E-state index in [1.54, 1.807) is 0 Å². The number of hydrogen-bond donors (Lipinski definition) is 0. The fourth-order valence-corrected chi connectivity index (χ4v) is 8.30. The Hall–Kier alpha value is -6.38. The third-order valence-electron chi connectivity index (χ3n) is 10.3. The van der Waals surface area contributed by atoms with Gasteiger partial charge in [-0.3, -0.25) is 0 Å². The van der Waals surface area contributed by atoms with Crippen molar-refractivity contribution < 1.29 is 0 Å². The molecular weight excluding hydrogens is 593 g/mol. The minimum Gasteiger partial charge on any atom is -0.228 e. The second-order valence-electron chi connectivity index (χ2n) is 12.9. The summed E-state index contributed by atoms with van der Waals surface area (Å²) in [6.45, 7) is 0. The first-order chi connectivity index (χ1) is 24.3. The summed E-state index contributed by atoms with van der Waals surface area (Å²) in [7, 11) is 0. The van der Waals surface area contributed by atoms with E-state index < -0.39 is 5.41 Å². The highest BCUT2D eigenvalue weighted by molar-refractivity contribution is 5.99. The summed E-state index contributed by atoms with van der Waals surface area (Å²) in [6.07, 6.45) is 0. The van der Waals surface area contributed by atoms with Crippen molar-refractivity contribution in [1.29, 1.82) is 0 Å². The van der Waals surface area contributed by atoms with Crippen molar-refractivity contribution in [3.05, 3.63) is 204 Å². The molecule has 0 amide bonds. The Labute approximate surface area is 286 Å². The van der Waals surface area contributed by atoms with E-state index in [1.807, 2.05) is 6.07 Å². The van der Waals surface area contributed by atoms with Crippen LogP contribution < -0.4 is 0 Å². The summed E-state index contributed by atoms with van der Waals surface area (Å²) in [6, 6.07) is 65.3. The van der Waals surface area contributed by atoms with Crippen LogP contribution in [0.5, 0.6) is 0 Å². The van der Waals surface area contributed by atoms with Crippen LogP contribution in [0.2, 0.25) is 0 Å². The van der Waals surface area contributed by atoms with Gasteiger partial charge in [0, 0.05) is 16.7 Å². The zero-order valence-electron chi connectivity index (χ0n) is 26.7. The highest BCUT2D eigenvalue weighted by Crippen LogP contribution is 2.63. The molecule has 0 N–H and O–H groups in total. The first-order valence-corrected chi connectivity index (χ1v) is 16.8. The molecule has 0 fully saturated rings. The molecule has 1 heterocycles. The van der Waals surface area contributed by atoms with Gasteiger partial charge in [0.15, 0.2) is 5.82 Å². The fourth-order valence-electron chi connectivity index (χ4n) is 8.30. The van der Waals surface area contributed by atoms with E-state index in [1.165, 1.54) is 50.1 Å². The second kappa shape index (κ2) is 10.8. The van der Waals surface area contributed by atoms with E-state index >= 15 is 0 Å². The van der Waals surface area contributed by atoms with Crippen LogP contribution in [-0.4, -0.2) is 9.97 Å². The lowest BCUT2D eigenvalue weighted by molar-refractivity contribution is 0.794. The number of benzene rings is 7. The smallest absolute Gasteiger partial charge is 0.160 e. The van der Waals surface area contributed by atoms with Gasteiger partial charge < -0.3 is 0 Å². The minimum atomic E-state index is -0.405. The first kappa shape index (κ1) is 27.7. The van der Waals surface area contributed by atoms with E-state index in [4.69, 9.17) is 9.97 Å². The van der Waals surface area contributed by atoms with Crippen molar-refractivity contribution in [3.8, 4) is 67.3 Å². The lowest BCUT2D eigenvalue weighted by atomic mass is 9.70. The predicted molar refractivity (Wildman–Crippen MR) is 200 cm³/mol. The van der Waals surface area contributed by atoms with Gasteiger partial charge in [0.1, 0.15) is 0 Å². The number of rotatable bonds is 4. The Bertz CT molecular complexity index is 2500. The molecule has 1 aromatic heterocycles. The second-order valence-corrected chi connectivity index (χ2v) is 12.9. The van der Waals surface area contributed by atoms with Crippen molar-refractivity contribution in [1.82, 2.24) is 9.97 Å². The Balaban J connectivity index is 1.24. The summed E-state index contributed by atoms with van der Waals surface area (Å²) in [5.74, 6) is 0.712. The zero-order valence-corrected chi connectivity index (χ0v) is 26.7. The first-order valence-electron chi connectivity index (χ1n) is 16.8. The molecule has 1 spiro atoms. The third kappa shape index (κ3) is 4.07. The van der Waals surface area contributed by atoms with Crippen LogP contribution in [0.25, 0.3) is 67.3 Å². The summed E-state index contributed by atoms with van der Waals surface area (Å²) in [4.78, 5) is 10.6. The van der Waals surface area contributed by atoms with Crippen LogP contribution >= 0.6 is 0 Å². The fraction of sp³-hybridized carbons (Fsp3) is 0.0213. The van der Waals surface area contributed by atoms with Gasteiger partial charge in [-0.15, -0.1) is 0 Å². The Morgan fingerprint density at radius 2 is 0.776 bits per heavy atom. The Kier molecular flexibility index (Phi) is 6.13. The van der Waals surface area contributed by atoms with Gasteiger partial charge in [0.25, 0.3) is 0 Å². The van der Waals surface area contributed by atoms with Crippen LogP contribution in [-0.2, 0) is 5.41 Å². The summed E-state index contributed by atoms with van der Waals surface area (Å²) in [5, 5.41) is 0. The quantitative estimate of drug-likeness (QED) is 0.195. The van der Waals surface area contributed by atoms with Crippen molar-refractivity contribution in [2.75, 3.05) is 0 Å². The molecule has 0 saturated heterocycles. The average molecular weight is 623 g/mol. The summed E-state index contributed by atoms with van der Waals surface area (Å²) < 4.78 is 0. The number of nitrogens with zero attached hydrogens (tertiary/aromatic N) is 2. The number of fused-ring (bicyclic) bond motifs is 10. The molecule has 228 valence electrons. The van der Waals surface area contributed by atoms with Crippen LogP contribution in [0.15, 0.2) is 182 Å². The highest BCUT2D eigenvalue weighted by atomic mass is 14.9. The topological polar surface area (TPSA) is 25.8 Å².